The summed E-state index contributed by atoms with van der Waals surface area (Å²) in [7, 11) is 0. The maximum atomic E-state index is 12.6. The van der Waals surface area contributed by atoms with E-state index >= 15 is 0 Å². The normalized spacial score (nSPS) is 21.2. The molecule has 6 atom stereocenters. The molecule has 1 fully saturated rings. The first-order valence-corrected chi connectivity index (χ1v) is 20.9. The van der Waals surface area contributed by atoms with E-state index in [0.29, 0.717) is 6.42 Å². The van der Waals surface area contributed by atoms with E-state index in [1.807, 2.05) is 0 Å². The number of hydrogen-bond donors (Lipinski definition) is 4. The summed E-state index contributed by atoms with van der Waals surface area (Å²) in [4.78, 5) is 25.1. The zero-order chi connectivity index (χ0) is 38.1. The van der Waals surface area contributed by atoms with Crippen molar-refractivity contribution in [1.29, 1.82) is 0 Å². The Kier molecular flexibility index (Phi) is 31.3. The van der Waals surface area contributed by atoms with Gasteiger partial charge < -0.3 is 39.4 Å². The average Bonchev–Trinajstić information content (AvgIpc) is 3.14. The van der Waals surface area contributed by atoms with E-state index < -0.39 is 49.4 Å². The van der Waals surface area contributed by atoms with Gasteiger partial charge in [-0.25, -0.2) is 0 Å². The predicted molar refractivity (Wildman–Crippen MR) is 206 cm³/mol. The lowest BCUT2D eigenvalue weighted by molar-refractivity contribution is -0.305. The fraction of sp³-hybridized carbons (Fsp3) is 0.857. The lowest BCUT2D eigenvalue weighted by Crippen LogP contribution is -2.59. The van der Waals surface area contributed by atoms with Crippen LogP contribution in [0.3, 0.4) is 0 Å². The van der Waals surface area contributed by atoms with Crippen LogP contribution in [0, 0.1) is 0 Å². The molecular formula is C42H76O10. The monoisotopic (exact) mass is 741 g/mol. The molecule has 0 saturated carbocycles. The second-order valence-corrected chi connectivity index (χ2v) is 14.4. The number of carbonyl (C=O) groups is 2. The average molecular weight is 741 g/mol. The van der Waals surface area contributed by atoms with E-state index in [1.165, 1.54) is 83.5 Å². The van der Waals surface area contributed by atoms with E-state index in [4.69, 9.17) is 18.9 Å². The fourth-order valence-corrected chi connectivity index (χ4v) is 6.22. The lowest BCUT2D eigenvalue weighted by Gasteiger charge is -2.39. The van der Waals surface area contributed by atoms with E-state index in [0.717, 1.165) is 57.8 Å². The van der Waals surface area contributed by atoms with Crippen LogP contribution in [0.1, 0.15) is 174 Å². The van der Waals surface area contributed by atoms with E-state index in [1.54, 1.807) is 0 Å². The molecule has 1 saturated heterocycles. The van der Waals surface area contributed by atoms with Gasteiger partial charge >= 0.3 is 11.9 Å². The molecule has 1 aliphatic heterocycles. The van der Waals surface area contributed by atoms with Crippen molar-refractivity contribution in [2.75, 3.05) is 19.8 Å². The first-order chi connectivity index (χ1) is 25.3. The number of unbranched alkanes of at least 4 members (excludes halogenated alkanes) is 19. The molecule has 0 amide bonds. The van der Waals surface area contributed by atoms with Gasteiger partial charge in [-0.1, -0.05) is 141 Å². The number of rotatable bonds is 34. The van der Waals surface area contributed by atoms with Crippen LogP contribution in [0.5, 0.6) is 0 Å². The van der Waals surface area contributed by atoms with Crippen molar-refractivity contribution < 1.29 is 49.0 Å². The summed E-state index contributed by atoms with van der Waals surface area (Å²) in [6.07, 6.45) is 27.7. The third kappa shape index (κ3) is 25.2. The zero-order valence-corrected chi connectivity index (χ0v) is 32.8. The summed E-state index contributed by atoms with van der Waals surface area (Å²) in [6, 6.07) is 0. The maximum Gasteiger partial charge on any atom is 0.306 e. The van der Waals surface area contributed by atoms with Crippen molar-refractivity contribution in [2.45, 2.75) is 211 Å². The van der Waals surface area contributed by atoms with Gasteiger partial charge in [-0.05, 0) is 44.9 Å². The number of carbonyl (C=O) groups excluding carboxylic acids is 2. The van der Waals surface area contributed by atoms with Crippen molar-refractivity contribution in [2.24, 2.45) is 0 Å². The van der Waals surface area contributed by atoms with Gasteiger partial charge in [0.15, 0.2) is 12.4 Å². The van der Waals surface area contributed by atoms with Crippen molar-refractivity contribution >= 4 is 11.9 Å². The molecule has 0 aromatic carbocycles. The molecule has 304 valence electrons. The minimum Gasteiger partial charge on any atom is -0.462 e. The Labute approximate surface area is 315 Å². The Balaban J connectivity index is 2.28. The number of aliphatic hydroxyl groups excluding tert-OH is 4. The summed E-state index contributed by atoms with van der Waals surface area (Å²) in [6.45, 7) is 3.35. The summed E-state index contributed by atoms with van der Waals surface area (Å²) in [5.74, 6) is -0.813. The van der Waals surface area contributed by atoms with Crippen molar-refractivity contribution in [3.63, 3.8) is 0 Å². The van der Waals surface area contributed by atoms with Gasteiger partial charge in [0.05, 0.1) is 13.2 Å². The second-order valence-electron chi connectivity index (χ2n) is 14.4. The summed E-state index contributed by atoms with van der Waals surface area (Å²) < 4.78 is 22.0. The van der Waals surface area contributed by atoms with E-state index in [9.17, 15) is 30.0 Å². The van der Waals surface area contributed by atoms with E-state index in [2.05, 4.69) is 38.2 Å². The van der Waals surface area contributed by atoms with Crippen LogP contribution in [0.15, 0.2) is 24.3 Å². The quantitative estimate of drug-likeness (QED) is 0.0289. The molecule has 10 nitrogen and oxygen atoms in total. The first-order valence-electron chi connectivity index (χ1n) is 20.9. The minimum atomic E-state index is -1.59. The Bertz CT molecular complexity index is 907. The topological polar surface area (TPSA) is 152 Å². The highest BCUT2D eigenvalue weighted by Gasteiger charge is 2.44. The molecule has 1 aliphatic rings. The molecular weight excluding hydrogens is 664 g/mol. The van der Waals surface area contributed by atoms with Crippen LogP contribution in [0.25, 0.3) is 0 Å². The van der Waals surface area contributed by atoms with Crippen LogP contribution < -0.4 is 0 Å². The Hall–Kier alpha value is -1.82. The number of aliphatic hydroxyl groups is 4. The Morgan fingerprint density at radius 3 is 1.63 bits per heavy atom. The zero-order valence-electron chi connectivity index (χ0n) is 32.8. The molecule has 0 aromatic heterocycles. The second kappa shape index (κ2) is 33.7. The molecule has 0 bridgehead atoms. The molecule has 0 aromatic rings. The number of hydrogen-bond acceptors (Lipinski definition) is 10. The third-order valence-corrected chi connectivity index (χ3v) is 9.59. The highest BCUT2D eigenvalue weighted by atomic mass is 16.7. The van der Waals surface area contributed by atoms with Gasteiger partial charge in [-0.15, -0.1) is 0 Å². The van der Waals surface area contributed by atoms with Crippen LogP contribution in [0.2, 0.25) is 0 Å². The lowest BCUT2D eigenvalue weighted by atomic mass is 9.99. The first kappa shape index (κ1) is 48.2. The molecule has 52 heavy (non-hydrogen) atoms. The summed E-state index contributed by atoms with van der Waals surface area (Å²) in [5.41, 5.74) is 0. The predicted octanol–water partition coefficient (Wildman–Crippen LogP) is 8.16. The van der Waals surface area contributed by atoms with Crippen molar-refractivity contribution in [3.05, 3.63) is 24.3 Å². The Morgan fingerprint density at radius 2 is 1.08 bits per heavy atom. The van der Waals surface area contributed by atoms with Crippen molar-refractivity contribution in [1.82, 2.24) is 0 Å². The summed E-state index contributed by atoms with van der Waals surface area (Å²) in [5, 5.41) is 39.9. The molecule has 1 rings (SSSR count). The molecule has 4 N–H and O–H groups in total. The molecule has 1 heterocycles. The molecule has 10 heteroatoms. The van der Waals surface area contributed by atoms with Crippen molar-refractivity contribution in [3.8, 4) is 0 Å². The smallest absolute Gasteiger partial charge is 0.306 e. The highest BCUT2D eigenvalue weighted by molar-refractivity contribution is 5.70. The van der Waals surface area contributed by atoms with Gasteiger partial charge in [-0.3, -0.25) is 9.59 Å². The molecule has 2 unspecified atom stereocenters. The summed E-state index contributed by atoms with van der Waals surface area (Å²) >= 11 is 0. The van der Waals surface area contributed by atoms with Crippen LogP contribution in [-0.2, 0) is 28.5 Å². The van der Waals surface area contributed by atoms with Crippen LogP contribution >= 0.6 is 0 Å². The van der Waals surface area contributed by atoms with Gasteiger partial charge in [0.2, 0.25) is 0 Å². The fourth-order valence-electron chi connectivity index (χ4n) is 6.22. The number of ether oxygens (including phenoxy) is 4. The SMILES string of the molecule is CCCCC/C=C/C/C=C/CCCCCCCCCCCC(=O)OC[C@@H](CO[C@H]1O[C@@H](CO)[C@@H](O)C(O)C1O)OC(=O)CCCCCCCCCC. The standard InChI is InChI=1S/C42H76O10/c1-3-5-7-9-11-13-14-15-16-17-18-19-20-21-22-23-25-26-28-30-37(44)49-33-35(51-38(45)31-29-27-24-12-10-8-6-4-2)34-50-42-41(48)40(47)39(46)36(32-43)52-42/h11,13,15-16,35-36,39-43,46-48H,3-10,12,14,17-34H2,1-2H3/b13-11+,16-15+/t35-,36-,39+,40?,41?,42-/m0/s1. The Morgan fingerprint density at radius 1 is 0.596 bits per heavy atom. The third-order valence-electron chi connectivity index (χ3n) is 9.59. The number of allylic oxidation sites excluding steroid dienone is 4. The number of esters is 2. The van der Waals surface area contributed by atoms with Gasteiger partial charge in [0, 0.05) is 12.8 Å². The van der Waals surface area contributed by atoms with Gasteiger partial charge in [0.25, 0.3) is 0 Å². The van der Waals surface area contributed by atoms with E-state index in [-0.39, 0.29) is 32.0 Å². The maximum absolute atomic E-state index is 12.6. The van der Waals surface area contributed by atoms with Gasteiger partial charge in [-0.2, -0.15) is 0 Å². The van der Waals surface area contributed by atoms with Crippen LogP contribution in [0.4, 0.5) is 0 Å². The minimum absolute atomic E-state index is 0.217. The molecule has 0 spiro atoms. The molecule has 0 radical (unpaired) electrons. The molecule has 0 aliphatic carbocycles. The van der Waals surface area contributed by atoms with Gasteiger partial charge in [0.1, 0.15) is 31.0 Å². The highest BCUT2D eigenvalue weighted by Crippen LogP contribution is 2.22. The van der Waals surface area contributed by atoms with Crippen LogP contribution in [-0.4, -0.2) is 89.0 Å². The largest absolute Gasteiger partial charge is 0.462 e.